The number of nitrogens with zero attached hydrogens (tertiary/aromatic N) is 3. The van der Waals surface area contributed by atoms with Crippen molar-refractivity contribution in [1.82, 2.24) is 14.6 Å². The van der Waals surface area contributed by atoms with Gasteiger partial charge in [0.2, 0.25) is 4.96 Å². The van der Waals surface area contributed by atoms with Crippen LogP contribution in [0.5, 0.6) is 11.5 Å². The number of thiazole rings is 1. The van der Waals surface area contributed by atoms with E-state index in [-0.39, 0.29) is 5.56 Å². The topological polar surface area (TPSA) is 65.7 Å². The Morgan fingerprint density at radius 3 is 2.62 bits per heavy atom. The molecule has 0 amide bonds. The Bertz CT molecular complexity index is 1210. The lowest BCUT2D eigenvalue weighted by Crippen LogP contribution is -2.23. The fraction of sp³-hybridized carbons (Fsp3) is 0.167. The summed E-state index contributed by atoms with van der Waals surface area (Å²) in [4.78, 5) is 14.6. The smallest absolute Gasteiger partial charge is 0.276 e. The molecule has 4 aromatic rings. The van der Waals surface area contributed by atoms with E-state index in [0.29, 0.717) is 26.8 Å². The van der Waals surface area contributed by atoms with E-state index in [0.717, 1.165) is 16.0 Å². The molecule has 0 atom stereocenters. The van der Waals surface area contributed by atoms with Crippen LogP contribution < -0.4 is 19.6 Å². The normalized spacial score (nSPS) is 12.0. The van der Waals surface area contributed by atoms with Crippen molar-refractivity contribution in [1.29, 1.82) is 0 Å². The zero-order chi connectivity index (χ0) is 18.3. The number of aromatic nitrogens is 3. The number of ether oxygens (including phenoxy) is 2. The van der Waals surface area contributed by atoms with Crippen molar-refractivity contribution in [3.05, 3.63) is 55.0 Å². The molecule has 0 bridgehead atoms. The first kappa shape index (κ1) is 16.7. The highest BCUT2D eigenvalue weighted by Crippen LogP contribution is 2.31. The predicted octanol–water partition coefficient (Wildman–Crippen LogP) is 2.75. The summed E-state index contributed by atoms with van der Waals surface area (Å²) in [7, 11) is 3.15. The van der Waals surface area contributed by atoms with Gasteiger partial charge in [0.1, 0.15) is 0 Å². The summed E-state index contributed by atoms with van der Waals surface area (Å²) in [5.74, 6) is 1.68. The summed E-state index contributed by atoms with van der Waals surface area (Å²) in [6.45, 7) is 2.03. The molecular formula is C18H15N3O3S2. The van der Waals surface area contributed by atoms with Crippen molar-refractivity contribution in [2.75, 3.05) is 14.2 Å². The summed E-state index contributed by atoms with van der Waals surface area (Å²) >= 11 is 2.95. The highest BCUT2D eigenvalue weighted by atomic mass is 32.1. The third-order valence-corrected chi connectivity index (χ3v) is 5.98. The van der Waals surface area contributed by atoms with E-state index in [1.807, 2.05) is 30.5 Å². The van der Waals surface area contributed by atoms with Gasteiger partial charge >= 0.3 is 0 Å². The number of rotatable bonds is 4. The molecule has 0 saturated heterocycles. The molecule has 4 rings (SSSR count). The van der Waals surface area contributed by atoms with Crippen LogP contribution in [-0.4, -0.2) is 28.8 Å². The SMILES string of the molecule is COc1ccc(-c2nnc3s/c(=C\c4sccc4C)c(=O)n23)cc1OC. The predicted molar refractivity (Wildman–Crippen MR) is 104 cm³/mol. The van der Waals surface area contributed by atoms with Crippen LogP contribution in [0.3, 0.4) is 0 Å². The summed E-state index contributed by atoms with van der Waals surface area (Å²) in [5.41, 5.74) is 1.77. The van der Waals surface area contributed by atoms with Gasteiger partial charge in [-0.3, -0.25) is 4.79 Å². The van der Waals surface area contributed by atoms with E-state index in [1.54, 1.807) is 42.1 Å². The largest absolute Gasteiger partial charge is 0.493 e. The van der Waals surface area contributed by atoms with Crippen LogP contribution in [0.25, 0.3) is 22.4 Å². The number of methoxy groups -OCH3 is 2. The van der Waals surface area contributed by atoms with Crippen LogP contribution >= 0.6 is 22.7 Å². The zero-order valence-electron chi connectivity index (χ0n) is 14.3. The Morgan fingerprint density at radius 2 is 1.92 bits per heavy atom. The first-order valence-electron chi connectivity index (χ1n) is 7.78. The molecule has 0 unspecified atom stereocenters. The Hall–Kier alpha value is -2.71. The minimum Gasteiger partial charge on any atom is -0.493 e. The van der Waals surface area contributed by atoms with Crippen molar-refractivity contribution in [2.45, 2.75) is 6.92 Å². The molecule has 0 aliphatic heterocycles. The van der Waals surface area contributed by atoms with E-state index in [9.17, 15) is 4.79 Å². The van der Waals surface area contributed by atoms with Crippen LogP contribution in [0.1, 0.15) is 10.4 Å². The quantitative estimate of drug-likeness (QED) is 0.540. The molecule has 8 heteroatoms. The van der Waals surface area contributed by atoms with Gasteiger partial charge in [0.15, 0.2) is 17.3 Å². The molecule has 26 heavy (non-hydrogen) atoms. The van der Waals surface area contributed by atoms with Crippen LogP contribution in [-0.2, 0) is 0 Å². The minimum absolute atomic E-state index is 0.118. The fourth-order valence-electron chi connectivity index (χ4n) is 2.68. The van der Waals surface area contributed by atoms with E-state index in [4.69, 9.17) is 9.47 Å². The average Bonchev–Trinajstić information content (AvgIpc) is 3.33. The first-order chi connectivity index (χ1) is 12.6. The number of hydrogen-bond acceptors (Lipinski definition) is 7. The molecule has 6 nitrogen and oxygen atoms in total. The maximum atomic E-state index is 12.9. The van der Waals surface area contributed by atoms with Crippen molar-refractivity contribution < 1.29 is 9.47 Å². The van der Waals surface area contributed by atoms with Gasteiger partial charge in [-0.2, -0.15) is 0 Å². The third-order valence-electron chi connectivity index (χ3n) is 4.05. The van der Waals surface area contributed by atoms with Gasteiger partial charge in [-0.25, -0.2) is 4.40 Å². The third kappa shape index (κ3) is 2.67. The van der Waals surface area contributed by atoms with Crippen LogP contribution in [0.2, 0.25) is 0 Å². The molecular weight excluding hydrogens is 370 g/mol. The molecule has 0 N–H and O–H groups in total. The van der Waals surface area contributed by atoms with E-state index in [1.165, 1.54) is 11.3 Å². The van der Waals surface area contributed by atoms with Crippen LogP contribution in [0.4, 0.5) is 0 Å². The van der Waals surface area contributed by atoms with Crippen molar-refractivity contribution in [3.63, 3.8) is 0 Å². The number of fused-ring (bicyclic) bond motifs is 1. The first-order valence-corrected chi connectivity index (χ1v) is 9.48. The maximum Gasteiger partial charge on any atom is 0.276 e. The highest BCUT2D eigenvalue weighted by molar-refractivity contribution is 7.15. The van der Waals surface area contributed by atoms with Crippen LogP contribution in [0.15, 0.2) is 34.4 Å². The maximum absolute atomic E-state index is 12.9. The number of aryl methyl sites for hydroxylation is 1. The minimum atomic E-state index is -0.118. The van der Waals surface area contributed by atoms with Gasteiger partial charge in [-0.15, -0.1) is 21.5 Å². The molecule has 0 fully saturated rings. The lowest BCUT2D eigenvalue weighted by Gasteiger charge is -2.08. The van der Waals surface area contributed by atoms with Crippen LogP contribution in [0, 0.1) is 6.92 Å². The summed E-state index contributed by atoms with van der Waals surface area (Å²) in [6, 6.07) is 7.45. The van der Waals surface area contributed by atoms with Gasteiger partial charge in [-0.05, 0) is 48.2 Å². The number of benzene rings is 1. The van der Waals surface area contributed by atoms with Crippen molar-refractivity contribution in [2.24, 2.45) is 0 Å². The van der Waals surface area contributed by atoms with Crippen molar-refractivity contribution in [3.8, 4) is 22.9 Å². The Morgan fingerprint density at radius 1 is 1.12 bits per heavy atom. The molecule has 0 saturated carbocycles. The molecule has 132 valence electrons. The Kier molecular flexibility index (Phi) is 4.21. The number of hydrogen-bond donors (Lipinski definition) is 0. The standard InChI is InChI=1S/C18H15N3O3S2/c1-10-6-7-25-14(10)9-15-17(22)21-16(19-20-18(21)26-15)11-4-5-12(23-2)13(8-11)24-3/h4-9H,1-3H3/b15-9-. The Labute approximate surface area is 157 Å². The number of thiophene rings is 1. The second-order valence-electron chi connectivity index (χ2n) is 5.60. The monoisotopic (exact) mass is 385 g/mol. The summed E-state index contributed by atoms with van der Waals surface area (Å²) in [5, 5.41) is 10.4. The zero-order valence-corrected chi connectivity index (χ0v) is 16.0. The highest BCUT2D eigenvalue weighted by Gasteiger charge is 2.16. The summed E-state index contributed by atoms with van der Waals surface area (Å²) < 4.78 is 12.8. The molecule has 0 aliphatic carbocycles. The molecule has 0 radical (unpaired) electrons. The lowest BCUT2D eigenvalue weighted by atomic mass is 10.2. The molecule has 3 heterocycles. The second-order valence-corrected chi connectivity index (χ2v) is 7.55. The summed E-state index contributed by atoms with van der Waals surface area (Å²) in [6.07, 6.45) is 1.92. The molecule has 0 aliphatic rings. The molecule has 3 aromatic heterocycles. The van der Waals surface area contributed by atoms with E-state index < -0.39 is 0 Å². The van der Waals surface area contributed by atoms with Gasteiger partial charge in [0.05, 0.1) is 18.8 Å². The van der Waals surface area contributed by atoms with Gasteiger partial charge in [0, 0.05) is 10.4 Å². The van der Waals surface area contributed by atoms with E-state index in [2.05, 4.69) is 10.2 Å². The average molecular weight is 385 g/mol. The van der Waals surface area contributed by atoms with Gasteiger partial charge in [0.25, 0.3) is 5.56 Å². The van der Waals surface area contributed by atoms with Crippen molar-refractivity contribution >= 4 is 33.7 Å². The fourth-order valence-corrected chi connectivity index (χ4v) is 4.50. The van der Waals surface area contributed by atoms with E-state index >= 15 is 0 Å². The molecule has 1 aromatic carbocycles. The van der Waals surface area contributed by atoms with Gasteiger partial charge < -0.3 is 9.47 Å². The Balaban J connectivity index is 1.90. The van der Waals surface area contributed by atoms with Gasteiger partial charge in [-0.1, -0.05) is 11.3 Å². The molecule has 0 spiro atoms. The second kappa shape index (κ2) is 6.54. The lowest BCUT2D eigenvalue weighted by molar-refractivity contribution is 0.355.